The van der Waals surface area contributed by atoms with Crippen LogP contribution in [0.1, 0.15) is 42.6 Å². The number of nitrogens with zero attached hydrogens (tertiary/aromatic N) is 4. The lowest BCUT2D eigenvalue weighted by Gasteiger charge is -2.20. The maximum atomic E-state index is 13.1. The second kappa shape index (κ2) is 10.1. The first-order chi connectivity index (χ1) is 14.9. The third-order valence-electron chi connectivity index (χ3n) is 4.70. The third kappa shape index (κ3) is 6.34. The number of hydrogen-bond acceptors (Lipinski definition) is 4. The van der Waals surface area contributed by atoms with Crippen molar-refractivity contribution in [2.75, 3.05) is 6.54 Å². The number of hydrogen-bond donors (Lipinski definition) is 2. The van der Waals surface area contributed by atoms with Crippen LogP contribution >= 0.6 is 0 Å². The minimum Gasteiger partial charge on any atom is -0.467 e. The van der Waals surface area contributed by atoms with Crippen LogP contribution in [-0.2, 0) is 25.7 Å². The van der Waals surface area contributed by atoms with Crippen molar-refractivity contribution < 1.29 is 17.6 Å². The summed E-state index contributed by atoms with van der Waals surface area (Å²) in [5, 5.41) is 14.4. The first-order valence-electron chi connectivity index (χ1n) is 9.98. The standard InChI is InChI=1S/C21H25F3N6O/c1-3-19-29-27-14-30(19)10-9-25-20(26-13-18-8-5-11-31-18)28-15(2)16-6-4-7-17(12-16)21(22,23)24/h4-8,11-12,14-15H,3,9-10,13H2,1-2H3,(H2,25,26,28). The fourth-order valence-corrected chi connectivity index (χ4v) is 3.02. The molecule has 0 saturated carbocycles. The number of guanidine groups is 1. The van der Waals surface area contributed by atoms with Gasteiger partial charge in [-0.15, -0.1) is 10.2 Å². The van der Waals surface area contributed by atoms with Crippen molar-refractivity contribution in [1.29, 1.82) is 0 Å². The SMILES string of the molecule is CCc1nncn1CCNC(=NCc1ccco1)NC(C)c1cccc(C(F)(F)F)c1. The predicted molar refractivity (Wildman–Crippen MR) is 110 cm³/mol. The number of aliphatic imine (C=N–C) groups is 1. The fraction of sp³-hybridized carbons (Fsp3) is 0.381. The van der Waals surface area contributed by atoms with Crippen molar-refractivity contribution in [2.45, 2.75) is 45.6 Å². The third-order valence-corrected chi connectivity index (χ3v) is 4.70. The van der Waals surface area contributed by atoms with Gasteiger partial charge in [-0.25, -0.2) is 4.99 Å². The molecule has 31 heavy (non-hydrogen) atoms. The first-order valence-corrected chi connectivity index (χ1v) is 9.98. The van der Waals surface area contributed by atoms with Gasteiger partial charge in [-0.1, -0.05) is 19.1 Å². The molecule has 1 unspecified atom stereocenters. The summed E-state index contributed by atoms with van der Waals surface area (Å²) in [4.78, 5) is 4.50. The number of aromatic nitrogens is 3. The Morgan fingerprint density at radius 1 is 1.26 bits per heavy atom. The van der Waals surface area contributed by atoms with Gasteiger partial charge in [-0.05, 0) is 36.8 Å². The van der Waals surface area contributed by atoms with Gasteiger partial charge in [0.2, 0.25) is 0 Å². The molecule has 2 N–H and O–H groups in total. The average Bonchev–Trinajstić information content (AvgIpc) is 3.43. The molecule has 10 heteroatoms. The van der Waals surface area contributed by atoms with Crippen LogP contribution in [0.2, 0.25) is 0 Å². The van der Waals surface area contributed by atoms with Gasteiger partial charge in [0, 0.05) is 19.5 Å². The van der Waals surface area contributed by atoms with Crippen LogP contribution in [0.4, 0.5) is 13.2 Å². The summed E-state index contributed by atoms with van der Waals surface area (Å²) in [6, 6.07) is 8.45. The van der Waals surface area contributed by atoms with Crippen LogP contribution in [0, 0.1) is 0 Å². The number of furan rings is 1. The average molecular weight is 434 g/mol. The highest BCUT2D eigenvalue weighted by Gasteiger charge is 2.30. The smallest absolute Gasteiger partial charge is 0.416 e. The number of halogens is 3. The van der Waals surface area contributed by atoms with Crippen LogP contribution in [0.5, 0.6) is 0 Å². The molecule has 0 aliphatic carbocycles. The van der Waals surface area contributed by atoms with Gasteiger partial charge < -0.3 is 19.6 Å². The van der Waals surface area contributed by atoms with Gasteiger partial charge in [0.25, 0.3) is 0 Å². The van der Waals surface area contributed by atoms with E-state index >= 15 is 0 Å². The summed E-state index contributed by atoms with van der Waals surface area (Å²) < 4.78 is 46.4. The molecule has 3 rings (SSSR count). The van der Waals surface area contributed by atoms with Crippen molar-refractivity contribution in [3.63, 3.8) is 0 Å². The number of rotatable bonds is 8. The monoisotopic (exact) mass is 434 g/mol. The van der Waals surface area contributed by atoms with Crippen molar-refractivity contribution in [3.8, 4) is 0 Å². The molecule has 0 amide bonds. The van der Waals surface area contributed by atoms with Crippen molar-refractivity contribution in [2.24, 2.45) is 4.99 Å². The molecule has 0 aliphatic heterocycles. The van der Waals surface area contributed by atoms with E-state index in [1.54, 1.807) is 31.6 Å². The molecule has 0 bridgehead atoms. The normalized spacial score (nSPS) is 13.3. The predicted octanol–water partition coefficient (Wildman–Crippen LogP) is 3.95. The quantitative estimate of drug-likeness (QED) is 0.415. The lowest BCUT2D eigenvalue weighted by atomic mass is 10.1. The van der Waals surface area contributed by atoms with Crippen molar-refractivity contribution in [1.82, 2.24) is 25.4 Å². The highest BCUT2D eigenvalue weighted by molar-refractivity contribution is 5.80. The Kier molecular flexibility index (Phi) is 7.32. The Morgan fingerprint density at radius 3 is 2.81 bits per heavy atom. The molecule has 0 saturated heterocycles. The topological polar surface area (TPSA) is 80.3 Å². The summed E-state index contributed by atoms with van der Waals surface area (Å²) in [6.07, 6.45) is -0.391. The second-order valence-corrected chi connectivity index (χ2v) is 6.95. The maximum Gasteiger partial charge on any atom is 0.416 e. The minimum absolute atomic E-state index is 0.296. The van der Waals surface area contributed by atoms with E-state index in [0.717, 1.165) is 24.4 Å². The van der Waals surface area contributed by atoms with Gasteiger partial charge in [0.15, 0.2) is 5.96 Å². The highest BCUT2D eigenvalue weighted by atomic mass is 19.4. The van der Waals surface area contributed by atoms with Crippen LogP contribution in [0.15, 0.2) is 58.4 Å². The molecule has 2 heterocycles. The summed E-state index contributed by atoms with van der Waals surface area (Å²) in [6.45, 7) is 5.24. The molecule has 2 aromatic heterocycles. The first kappa shape index (κ1) is 22.4. The van der Waals surface area contributed by atoms with Gasteiger partial charge in [0.1, 0.15) is 24.5 Å². The Balaban J connectivity index is 1.69. The largest absolute Gasteiger partial charge is 0.467 e. The summed E-state index contributed by atoms with van der Waals surface area (Å²) in [5.41, 5.74) is -0.171. The molecule has 3 aromatic rings. The zero-order valence-corrected chi connectivity index (χ0v) is 17.4. The number of nitrogens with one attached hydrogen (secondary N) is 2. The Hall–Kier alpha value is -3.30. The summed E-state index contributed by atoms with van der Waals surface area (Å²) in [7, 11) is 0. The van der Waals surface area contributed by atoms with Crippen molar-refractivity contribution >= 4 is 5.96 Å². The van der Waals surface area contributed by atoms with Crippen LogP contribution < -0.4 is 10.6 Å². The zero-order chi connectivity index (χ0) is 22.3. The van der Waals surface area contributed by atoms with Gasteiger partial charge in [0.05, 0.1) is 17.9 Å². The summed E-state index contributed by atoms with van der Waals surface area (Å²) in [5.74, 6) is 2.02. The summed E-state index contributed by atoms with van der Waals surface area (Å²) >= 11 is 0. The lowest BCUT2D eigenvalue weighted by molar-refractivity contribution is -0.137. The Bertz CT molecular complexity index is 981. The minimum atomic E-state index is -4.39. The van der Waals surface area contributed by atoms with E-state index in [0.29, 0.717) is 36.9 Å². The molecule has 0 aliphatic rings. The van der Waals surface area contributed by atoms with E-state index in [-0.39, 0.29) is 0 Å². The highest BCUT2D eigenvalue weighted by Crippen LogP contribution is 2.30. The molecule has 166 valence electrons. The Morgan fingerprint density at radius 2 is 2.10 bits per heavy atom. The van der Waals surface area contributed by atoms with E-state index in [9.17, 15) is 13.2 Å². The van der Waals surface area contributed by atoms with Crippen LogP contribution in [0.25, 0.3) is 0 Å². The lowest BCUT2D eigenvalue weighted by Crippen LogP contribution is -2.40. The Labute approximate surface area is 178 Å². The molecule has 1 atom stereocenters. The van der Waals surface area contributed by atoms with Crippen LogP contribution in [0.3, 0.4) is 0 Å². The molecule has 7 nitrogen and oxygen atoms in total. The van der Waals surface area contributed by atoms with E-state index in [4.69, 9.17) is 4.42 Å². The zero-order valence-electron chi connectivity index (χ0n) is 17.4. The number of alkyl halides is 3. The van der Waals surface area contributed by atoms with Crippen LogP contribution in [-0.4, -0.2) is 27.3 Å². The molecule has 0 radical (unpaired) electrons. The molecule has 0 fully saturated rings. The van der Waals surface area contributed by atoms with Gasteiger partial charge in [-0.2, -0.15) is 13.2 Å². The van der Waals surface area contributed by atoms with E-state index in [1.807, 2.05) is 17.6 Å². The molecular formula is C21H25F3N6O. The number of aryl methyl sites for hydroxylation is 1. The fourth-order valence-electron chi connectivity index (χ4n) is 3.02. The second-order valence-electron chi connectivity index (χ2n) is 6.95. The van der Waals surface area contributed by atoms with Gasteiger partial charge >= 0.3 is 6.18 Å². The van der Waals surface area contributed by atoms with E-state index in [1.165, 1.54) is 6.07 Å². The molecular weight excluding hydrogens is 409 g/mol. The maximum absolute atomic E-state index is 13.1. The van der Waals surface area contributed by atoms with E-state index < -0.39 is 17.8 Å². The number of benzene rings is 1. The van der Waals surface area contributed by atoms with Gasteiger partial charge in [-0.3, -0.25) is 0 Å². The molecule has 0 spiro atoms. The van der Waals surface area contributed by atoms with E-state index in [2.05, 4.69) is 25.8 Å². The molecule has 1 aromatic carbocycles. The van der Waals surface area contributed by atoms with Crippen molar-refractivity contribution in [3.05, 3.63) is 71.7 Å².